The molecule has 2 unspecified atom stereocenters. The Morgan fingerprint density at radius 3 is 2.67 bits per heavy atom. The van der Waals surface area contributed by atoms with Gasteiger partial charge in [0.25, 0.3) is 0 Å². The molecule has 2 rings (SSSR count). The monoisotopic (exact) mass is 331 g/mol. The first kappa shape index (κ1) is 16.5. The highest BCUT2D eigenvalue weighted by Gasteiger charge is 2.27. The van der Waals surface area contributed by atoms with Crippen LogP contribution in [0.15, 0.2) is 17.0 Å². The van der Waals surface area contributed by atoms with E-state index in [0.717, 1.165) is 19.4 Å². The average molecular weight is 332 g/mol. The van der Waals surface area contributed by atoms with Gasteiger partial charge in [-0.05, 0) is 58.0 Å². The Hall–Kier alpha value is -0.820. The highest BCUT2D eigenvalue weighted by atomic mass is 35.5. The normalized spacial score (nSPS) is 24.2. The molecule has 1 fully saturated rings. The van der Waals surface area contributed by atoms with Gasteiger partial charge in [-0.2, -0.15) is 0 Å². The Kier molecular flexibility index (Phi) is 4.82. The fourth-order valence-corrected chi connectivity index (χ4v) is 4.15. The van der Waals surface area contributed by atoms with E-state index in [2.05, 4.69) is 23.6 Å². The van der Waals surface area contributed by atoms with E-state index in [1.54, 1.807) is 6.92 Å². The van der Waals surface area contributed by atoms with Crippen LogP contribution in [0.25, 0.3) is 0 Å². The summed E-state index contributed by atoms with van der Waals surface area (Å²) in [6, 6.07) is 3.22. The quantitative estimate of drug-likeness (QED) is 0.831. The zero-order valence-electron chi connectivity index (χ0n) is 12.6. The van der Waals surface area contributed by atoms with Crippen molar-refractivity contribution < 1.29 is 8.42 Å². The van der Waals surface area contributed by atoms with E-state index in [1.165, 1.54) is 12.1 Å². The summed E-state index contributed by atoms with van der Waals surface area (Å²) in [4.78, 5) is 2.35. The Labute approximate surface area is 131 Å². The van der Waals surface area contributed by atoms with Crippen molar-refractivity contribution in [1.82, 2.24) is 9.62 Å². The van der Waals surface area contributed by atoms with Gasteiger partial charge >= 0.3 is 0 Å². The fourth-order valence-electron chi connectivity index (χ4n) is 2.51. The molecule has 1 aromatic rings. The zero-order valence-corrected chi connectivity index (χ0v) is 14.1. The SMILES string of the molecule is Cc1c(N)cc(S(=O)(=O)NC2CCN(C)C(C)C2)cc1Cl. The van der Waals surface area contributed by atoms with Gasteiger partial charge < -0.3 is 10.6 Å². The first-order chi connectivity index (χ1) is 9.70. The molecule has 7 heteroatoms. The molecule has 1 saturated heterocycles. The topological polar surface area (TPSA) is 75.4 Å². The Morgan fingerprint density at radius 1 is 1.43 bits per heavy atom. The molecule has 1 aromatic carbocycles. The fraction of sp³-hybridized carbons (Fsp3) is 0.571. The first-order valence-corrected chi connectivity index (χ1v) is 8.85. The molecule has 1 aliphatic heterocycles. The second-order valence-electron chi connectivity index (χ2n) is 5.79. The van der Waals surface area contributed by atoms with Gasteiger partial charge in [-0.15, -0.1) is 0 Å². The predicted octanol–water partition coefficient (Wildman–Crippen LogP) is 1.99. The minimum absolute atomic E-state index is 0.0532. The number of hydrogen-bond donors (Lipinski definition) is 2. The Morgan fingerprint density at radius 2 is 2.10 bits per heavy atom. The number of piperidine rings is 1. The van der Waals surface area contributed by atoms with Crippen LogP contribution in [0.2, 0.25) is 5.02 Å². The Bertz CT molecular complexity index is 610. The molecule has 0 aliphatic carbocycles. The number of hydrogen-bond acceptors (Lipinski definition) is 4. The summed E-state index contributed by atoms with van der Waals surface area (Å²) >= 11 is 6.03. The van der Waals surface area contributed by atoms with Crippen LogP contribution in [-0.4, -0.2) is 39.0 Å². The van der Waals surface area contributed by atoms with Crippen LogP contribution >= 0.6 is 11.6 Å². The zero-order chi connectivity index (χ0) is 15.8. The number of nitrogens with two attached hydrogens (primary N) is 1. The van der Waals surface area contributed by atoms with Gasteiger partial charge in [-0.25, -0.2) is 13.1 Å². The molecule has 5 nitrogen and oxygen atoms in total. The van der Waals surface area contributed by atoms with Gasteiger partial charge in [-0.3, -0.25) is 0 Å². The van der Waals surface area contributed by atoms with Gasteiger partial charge in [0, 0.05) is 22.8 Å². The average Bonchev–Trinajstić information content (AvgIpc) is 2.39. The smallest absolute Gasteiger partial charge is 0.240 e. The molecular formula is C14H22ClN3O2S. The molecule has 0 bridgehead atoms. The van der Waals surface area contributed by atoms with Crippen LogP contribution < -0.4 is 10.5 Å². The van der Waals surface area contributed by atoms with Crippen LogP contribution in [0.1, 0.15) is 25.3 Å². The molecule has 0 aromatic heterocycles. The molecule has 1 heterocycles. The van der Waals surface area contributed by atoms with Crippen LogP contribution in [0.5, 0.6) is 0 Å². The lowest BCUT2D eigenvalue weighted by atomic mass is 10.0. The van der Waals surface area contributed by atoms with Crippen molar-refractivity contribution in [2.24, 2.45) is 0 Å². The van der Waals surface area contributed by atoms with Crippen molar-refractivity contribution in [2.75, 3.05) is 19.3 Å². The predicted molar refractivity (Wildman–Crippen MR) is 86.0 cm³/mol. The standard InChI is InChI=1S/C14H22ClN3O2S/c1-9-6-11(4-5-18(9)3)17-21(19,20)12-7-13(15)10(2)14(16)8-12/h7-9,11,17H,4-6,16H2,1-3H3. The van der Waals surface area contributed by atoms with Crippen LogP contribution in [0, 0.1) is 6.92 Å². The van der Waals surface area contributed by atoms with E-state index in [0.29, 0.717) is 22.3 Å². The van der Waals surface area contributed by atoms with Crippen LogP contribution in [-0.2, 0) is 10.0 Å². The van der Waals surface area contributed by atoms with E-state index >= 15 is 0 Å². The number of likely N-dealkylation sites (tertiary alicyclic amines) is 1. The van der Waals surface area contributed by atoms with Gasteiger partial charge in [0.2, 0.25) is 10.0 Å². The molecule has 0 amide bonds. The van der Waals surface area contributed by atoms with Crippen molar-refractivity contribution in [1.29, 1.82) is 0 Å². The summed E-state index contributed by atoms with van der Waals surface area (Å²) in [7, 11) is -1.54. The number of halogens is 1. The van der Waals surface area contributed by atoms with Crippen molar-refractivity contribution >= 4 is 27.3 Å². The van der Waals surface area contributed by atoms with Gasteiger partial charge in [0.05, 0.1) is 4.90 Å². The third-order valence-electron chi connectivity index (χ3n) is 4.20. The van der Waals surface area contributed by atoms with E-state index in [1.807, 2.05) is 0 Å². The maximum atomic E-state index is 12.5. The molecule has 3 N–H and O–H groups in total. The molecule has 21 heavy (non-hydrogen) atoms. The van der Waals surface area contributed by atoms with Gasteiger partial charge in [-0.1, -0.05) is 11.6 Å². The minimum Gasteiger partial charge on any atom is -0.398 e. The van der Waals surface area contributed by atoms with E-state index < -0.39 is 10.0 Å². The van der Waals surface area contributed by atoms with Crippen LogP contribution in [0.3, 0.4) is 0 Å². The molecule has 0 spiro atoms. The third kappa shape index (κ3) is 3.69. The lowest BCUT2D eigenvalue weighted by Crippen LogP contribution is -2.47. The minimum atomic E-state index is -3.60. The lowest BCUT2D eigenvalue weighted by Gasteiger charge is -2.35. The number of nitrogens with one attached hydrogen (secondary N) is 1. The maximum Gasteiger partial charge on any atom is 0.240 e. The van der Waals surface area contributed by atoms with Gasteiger partial charge in [0.1, 0.15) is 0 Å². The highest BCUT2D eigenvalue weighted by molar-refractivity contribution is 7.89. The summed E-state index contributed by atoms with van der Waals surface area (Å²) in [5, 5.41) is 0.368. The molecule has 118 valence electrons. The second-order valence-corrected chi connectivity index (χ2v) is 7.91. The van der Waals surface area contributed by atoms with Crippen molar-refractivity contribution in [3.8, 4) is 0 Å². The number of sulfonamides is 1. The number of nitrogen functional groups attached to an aromatic ring is 1. The summed E-state index contributed by atoms with van der Waals surface area (Å²) in [5.74, 6) is 0. The van der Waals surface area contributed by atoms with Crippen molar-refractivity contribution in [3.05, 3.63) is 22.7 Å². The lowest BCUT2D eigenvalue weighted by molar-refractivity contribution is 0.178. The third-order valence-corrected chi connectivity index (χ3v) is 6.09. The first-order valence-electron chi connectivity index (χ1n) is 6.99. The number of benzene rings is 1. The summed E-state index contributed by atoms with van der Waals surface area (Å²) in [6.45, 7) is 4.74. The molecule has 0 saturated carbocycles. The second kappa shape index (κ2) is 6.12. The summed E-state index contributed by atoms with van der Waals surface area (Å²) < 4.78 is 27.7. The number of rotatable bonds is 3. The highest BCUT2D eigenvalue weighted by Crippen LogP contribution is 2.26. The van der Waals surface area contributed by atoms with Crippen molar-refractivity contribution in [2.45, 2.75) is 43.7 Å². The number of anilines is 1. The maximum absolute atomic E-state index is 12.5. The van der Waals surface area contributed by atoms with E-state index in [-0.39, 0.29) is 10.9 Å². The number of nitrogens with zero attached hydrogens (tertiary/aromatic N) is 1. The van der Waals surface area contributed by atoms with E-state index in [4.69, 9.17) is 17.3 Å². The molecule has 2 atom stereocenters. The molecule has 0 radical (unpaired) electrons. The largest absolute Gasteiger partial charge is 0.398 e. The summed E-state index contributed by atoms with van der Waals surface area (Å²) in [5.41, 5.74) is 6.89. The summed E-state index contributed by atoms with van der Waals surface area (Å²) in [6.07, 6.45) is 1.60. The van der Waals surface area contributed by atoms with Crippen LogP contribution in [0.4, 0.5) is 5.69 Å². The van der Waals surface area contributed by atoms with Crippen molar-refractivity contribution in [3.63, 3.8) is 0 Å². The van der Waals surface area contributed by atoms with Gasteiger partial charge in [0.15, 0.2) is 0 Å². The molecule has 1 aliphatic rings. The van der Waals surface area contributed by atoms with E-state index in [9.17, 15) is 8.42 Å². The molecular weight excluding hydrogens is 310 g/mol. The Balaban J connectivity index is 2.19.